The molecule has 0 bridgehead atoms. The van der Waals surface area contributed by atoms with Gasteiger partial charge in [-0.3, -0.25) is 4.79 Å². The summed E-state index contributed by atoms with van der Waals surface area (Å²) in [7, 11) is 4.49. The Balaban J connectivity index is -0.000000123. The molecule has 0 aliphatic rings. The minimum Gasteiger partial charge on any atom is -0.469 e. The van der Waals surface area contributed by atoms with Crippen molar-refractivity contribution in [1.82, 2.24) is 10.6 Å². The standard InChI is InChI=1S/2C6H6.C3H8N2O.C3H6O2.2C2H6/c2*1-2-4-6-5-3-1;1-4-3(6)5-2;1-3(4)5-2;2*1-2/h2*1-6H;1-2H3,(H2,4,5,6);1-2H3;2*1-2H3. The summed E-state index contributed by atoms with van der Waals surface area (Å²) in [5.74, 6) is -0.245. The SMILES string of the molecule is CC.CC.CNC(=O)NC.COC(C)=O.c1ccccc1.c1ccccc1. The van der Waals surface area contributed by atoms with Gasteiger partial charge in [-0.05, 0) is 0 Å². The average Bonchev–Trinajstić information content (AvgIpc) is 2.79. The number of carbonyl (C=O) groups excluding carboxylic acids is 2. The van der Waals surface area contributed by atoms with Crippen LogP contribution < -0.4 is 10.6 Å². The molecule has 0 fully saturated rings. The number of amides is 2. The summed E-state index contributed by atoms with van der Waals surface area (Å²) in [6.07, 6.45) is 0. The number of esters is 1. The number of nitrogens with one attached hydrogen (secondary N) is 2. The Morgan fingerprint density at radius 2 is 0.741 bits per heavy atom. The monoisotopic (exact) mass is 378 g/mol. The van der Waals surface area contributed by atoms with E-state index in [4.69, 9.17) is 0 Å². The molecule has 0 radical (unpaired) electrons. The molecule has 0 saturated carbocycles. The second-order valence-corrected chi connectivity index (χ2v) is 3.83. The Bertz CT molecular complexity index is 387. The van der Waals surface area contributed by atoms with Crippen LogP contribution in [0.2, 0.25) is 0 Å². The van der Waals surface area contributed by atoms with Crippen molar-refractivity contribution < 1.29 is 14.3 Å². The van der Waals surface area contributed by atoms with Crippen LogP contribution in [0.4, 0.5) is 4.79 Å². The van der Waals surface area contributed by atoms with Crippen LogP contribution in [-0.4, -0.2) is 33.2 Å². The average molecular weight is 379 g/mol. The van der Waals surface area contributed by atoms with Gasteiger partial charge >= 0.3 is 12.0 Å². The largest absolute Gasteiger partial charge is 0.469 e. The number of ether oxygens (including phenoxy) is 1. The zero-order valence-electron chi connectivity index (χ0n) is 18.2. The van der Waals surface area contributed by atoms with E-state index in [1.165, 1.54) is 14.0 Å². The maximum atomic E-state index is 9.96. The fraction of sp³-hybridized carbons (Fsp3) is 0.364. The molecule has 0 aliphatic carbocycles. The molecule has 2 aromatic carbocycles. The van der Waals surface area contributed by atoms with Crippen LogP contribution in [0.3, 0.4) is 0 Å². The van der Waals surface area contributed by atoms with Gasteiger partial charge < -0.3 is 15.4 Å². The first-order valence-corrected chi connectivity index (χ1v) is 9.02. The van der Waals surface area contributed by atoms with Crippen LogP contribution >= 0.6 is 0 Å². The van der Waals surface area contributed by atoms with Gasteiger partial charge in [0, 0.05) is 21.0 Å². The normalized spacial score (nSPS) is 6.81. The molecule has 154 valence electrons. The summed E-state index contributed by atoms with van der Waals surface area (Å²) in [6.45, 7) is 9.36. The number of methoxy groups -OCH3 is 1. The van der Waals surface area contributed by atoms with E-state index in [9.17, 15) is 9.59 Å². The summed E-state index contributed by atoms with van der Waals surface area (Å²) in [4.78, 5) is 19.5. The molecular formula is C22H38N2O3. The van der Waals surface area contributed by atoms with Gasteiger partial charge in [-0.1, -0.05) is 100 Å². The van der Waals surface area contributed by atoms with E-state index in [0.29, 0.717) is 0 Å². The molecule has 0 aliphatic heterocycles. The van der Waals surface area contributed by atoms with E-state index in [0.717, 1.165) is 0 Å². The first-order valence-electron chi connectivity index (χ1n) is 9.02. The third-order valence-corrected chi connectivity index (χ3v) is 2.07. The van der Waals surface area contributed by atoms with Crippen molar-refractivity contribution in [2.24, 2.45) is 0 Å². The molecule has 0 unspecified atom stereocenters. The van der Waals surface area contributed by atoms with Crippen molar-refractivity contribution in [2.45, 2.75) is 34.6 Å². The van der Waals surface area contributed by atoms with Crippen LogP contribution in [0.5, 0.6) is 0 Å². The molecular weight excluding hydrogens is 340 g/mol. The fourth-order valence-corrected chi connectivity index (χ4v) is 0.895. The summed E-state index contributed by atoms with van der Waals surface area (Å²) in [5, 5.41) is 4.73. The highest BCUT2D eigenvalue weighted by Gasteiger charge is 1.81. The van der Waals surface area contributed by atoms with Gasteiger partial charge in [0.05, 0.1) is 7.11 Å². The van der Waals surface area contributed by atoms with Crippen LogP contribution in [0, 0.1) is 0 Å². The highest BCUT2D eigenvalue weighted by atomic mass is 16.5. The van der Waals surface area contributed by atoms with Crippen molar-refractivity contribution in [3.63, 3.8) is 0 Å². The number of carbonyl (C=O) groups is 2. The quantitative estimate of drug-likeness (QED) is 0.623. The molecule has 2 rings (SSSR count). The Labute approximate surface area is 166 Å². The molecule has 0 saturated heterocycles. The van der Waals surface area contributed by atoms with Crippen molar-refractivity contribution in [1.29, 1.82) is 0 Å². The molecule has 2 amide bonds. The van der Waals surface area contributed by atoms with E-state index in [-0.39, 0.29) is 12.0 Å². The Morgan fingerprint density at radius 3 is 0.778 bits per heavy atom. The Kier molecular flexibility index (Phi) is 40.8. The number of urea groups is 1. The van der Waals surface area contributed by atoms with Gasteiger partial charge in [0.25, 0.3) is 0 Å². The second kappa shape index (κ2) is 34.5. The van der Waals surface area contributed by atoms with Gasteiger partial charge in [0.1, 0.15) is 0 Å². The fourth-order valence-electron chi connectivity index (χ4n) is 0.895. The van der Waals surface area contributed by atoms with Gasteiger partial charge in [-0.25, -0.2) is 4.79 Å². The Morgan fingerprint density at radius 1 is 0.593 bits per heavy atom. The minimum absolute atomic E-state index is 0.157. The number of rotatable bonds is 0. The van der Waals surface area contributed by atoms with Crippen molar-refractivity contribution in [3.8, 4) is 0 Å². The van der Waals surface area contributed by atoms with E-state index in [1.54, 1.807) is 14.1 Å². The summed E-state index contributed by atoms with van der Waals surface area (Å²) < 4.78 is 4.11. The zero-order valence-corrected chi connectivity index (χ0v) is 18.2. The lowest BCUT2D eigenvalue weighted by molar-refractivity contribution is -0.137. The molecule has 0 atom stereocenters. The van der Waals surface area contributed by atoms with Crippen LogP contribution in [0.25, 0.3) is 0 Å². The van der Waals surface area contributed by atoms with Crippen LogP contribution in [0.1, 0.15) is 34.6 Å². The highest BCUT2D eigenvalue weighted by molar-refractivity contribution is 5.72. The maximum absolute atomic E-state index is 9.96. The van der Waals surface area contributed by atoms with E-state index < -0.39 is 0 Å². The van der Waals surface area contributed by atoms with Gasteiger partial charge in [-0.15, -0.1) is 0 Å². The van der Waals surface area contributed by atoms with Crippen molar-refractivity contribution in [3.05, 3.63) is 72.8 Å². The van der Waals surface area contributed by atoms with Crippen LogP contribution in [-0.2, 0) is 9.53 Å². The first kappa shape index (κ1) is 31.9. The van der Waals surface area contributed by atoms with Crippen molar-refractivity contribution in [2.75, 3.05) is 21.2 Å². The van der Waals surface area contributed by atoms with Gasteiger partial charge in [-0.2, -0.15) is 0 Å². The summed E-state index contributed by atoms with van der Waals surface area (Å²) in [5.41, 5.74) is 0. The lowest BCUT2D eigenvalue weighted by Crippen LogP contribution is -2.28. The highest BCUT2D eigenvalue weighted by Crippen LogP contribution is 1.80. The van der Waals surface area contributed by atoms with E-state index >= 15 is 0 Å². The Hall–Kier alpha value is -2.82. The molecule has 2 N–H and O–H groups in total. The van der Waals surface area contributed by atoms with Gasteiger partial charge in [0.2, 0.25) is 0 Å². The van der Waals surface area contributed by atoms with Gasteiger partial charge in [0.15, 0.2) is 0 Å². The topological polar surface area (TPSA) is 67.4 Å². The summed E-state index contributed by atoms with van der Waals surface area (Å²) >= 11 is 0. The predicted molar refractivity (Wildman–Crippen MR) is 117 cm³/mol. The number of benzene rings is 2. The molecule has 5 nitrogen and oxygen atoms in total. The molecule has 0 heterocycles. The van der Waals surface area contributed by atoms with Crippen molar-refractivity contribution >= 4 is 12.0 Å². The predicted octanol–water partition coefficient (Wildman–Crippen LogP) is 5.15. The molecule has 0 aromatic heterocycles. The van der Waals surface area contributed by atoms with Crippen LogP contribution in [0.15, 0.2) is 72.8 Å². The third kappa shape index (κ3) is 45.1. The first-order chi connectivity index (χ1) is 13.1. The molecule has 2 aromatic rings. The number of hydrogen-bond acceptors (Lipinski definition) is 3. The molecule has 5 heteroatoms. The maximum Gasteiger partial charge on any atom is 0.314 e. The second-order valence-electron chi connectivity index (χ2n) is 3.83. The summed E-state index contributed by atoms with van der Waals surface area (Å²) in [6, 6.07) is 23.8. The molecule has 0 spiro atoms. The molecule has 27 heavy (non-hydrogen) atoms. The lowest BCUT2D eigenvalue weighted by Gasteiger charge is -1.91. The zero-order chi connectivity index (χ0) is 21.8. The lowest BCUT2D eigenvalue weighted by atomic mass is 10.4. The third-order valence-electron chi connectivity index (χ3n) is 2.07. The van der Waals surface area contributed by atoms with E-state index in [1.807, 2.05) is 100 Å². The number of hydrogen-bond donors (Lipinski definition) is 2. The minimum atomic E-state index is -0.245. The smallest absolute Gasteiger partial charge is 0.314 e. The van der Waals surface area contributed by atoms with E-state index in [2.05, 4.69) is 15.4 Å².